The van der Waals surface area contributed by atoms with Crippen molar-refractivity contribution in [1.29, 1.82) is 0 Å². The Morgan fingerprint density at radius 3 is 2.79 bits per heavy atom. The number of nitrogens with one attached hydrogen (secondary N) is 1. The van der Waals surface area contributed by atoms with Crippen LogP contribution in [0.1, 0.15) is 39.5 Å². The topological polar surface area (TPSA) is 49.3 Å². The second-order valence-electron chi connectivity index (χ2n) is 3.80. The van der Waals surface area contributed by atoms with Crippen molar-refractivity contribution in [2.75, 3.05) is 5.75 Å². The molecule has 2 atom stereocenters. The number of aliphatic carboxylic acids is 1. The maximum atomic E-state index is 10.8. The van der Waals surface area contributed by atoms with E-state index in [1.807, 2.05) is 0 Å². The van der Waals surface area contributed by atoms with E-state index in [4.69, 9.17) is 5.11 Å². The number of hydrogen-bond acceptors (Lipinski definition) is 3. The highest BCUT2D eigenvalue weighted by Gasteiger charge is 2.39. The summed E-state index contributed by atoms with van der Waals surface area (Å²) < 4.78 is 0. The molecule has 82 valence electrons. The number of hydrogen-bond donors (Lipinski definition) is 2. The average molecular weight is 217 g/mol. The molecule has 1 heterocycles. The van der Waals surface area contributed by atoms with E-state index in [0.29, 0.717) is 5.75 Å². The van der Waals surface area contributed by atoms with Crippen molar-refractivity contribution in [2.45, 2.75) is 50.4 Å². The van der Waals surface area contributed by atoms with E-state index >= 15 is 0 Å². The monoisotopic (exact) mass is 217 g/mol. The van der Waals surface area contributed by atoms with Gasteiger partial charge in [-0.15, -0.1) is 11.8 Å². The second-order valence-corrected chi connectivity index (χ2v) is 5.20. The molecule has 1 fully saturated rings. The lowest BCUT2D eigenvalue weighted by atomic mass is 10.1. The molecule has 0 aromatic carbocycles. The normalized spacial score (nSPS) is 32.0. The van der Waals surface area contributed by atoms with Crippen molar-refractivity contribution in [1.82, 2.24) is 5.32 Å². The Kier molecular flexibility index (Phi) is 4.26. The summed E-state index contributed by atoms with van der Waals surface area (Å²) in [6, 6.07) is -0.350. The zero-order valence-electron chi connectivity index (χ0n) is 8.88. The van der Waals surface area contributed by atoms with Crippen LogP contribution in [0.2, 0.25) is 0 Å². The zero-order chi connectivity index (χ0) is 10.6. The minimum absolute atomic E-state index is 0.0269. The zero-order valence-corrected chi connectivity index (χ0v) is 9.69. The van der Waals surface area contributed by atoms with Gasteiger partial charge in [0.1, 0.15) is 6.04 Å². The number of rotatable bonds is 5. The number of unbranched alkanes of at least 4 members (excludes halogenated alkanes) is 1. The third-order valence-corrected chi connectivity index (χ3v) is 4.43. The SMILES string of the molecule is CCCCC1(CC)NC(C(=O)O)CS1. The third-order valence-electron chi connectivity index (χ3n) is 2.77. The maximum Gasteiger partial charge on any atom is 0.321 e. The number of carbonyl (C=O) groups is 1. The molecule has 2 N–H and O–H groups in total. The van der Waals surface area contributed by atoms with Crippen LogP contribution in [-0.4, -0.2) is 27.7 Å². The molecule has 1 aliphatic heterocycles. The molecule has 0 spiro atoms. The molecule has 4 heteroatoms. The van der Waals surface area contributed by atoms with Gasteiger partial charge in [0.25, 0.3) is 0 Å². The molecule has 0 aromatic heterocycles. The van der Waals surface area contributed by atoms with Crippen LogP contribution in [0.3, 0.4) is 0 Å². The Labute approximate surface area is 89.6 Å². The molecular weight excluding hydrogens is 198 g/mol. The van der Waals surface area contributed by atoms with Crippen LogP contribution in [0.25, 0.3) is 0 Å². The summed E-state index contributed by atoms with van der Waals surface area (Å²) in [4.78, 5) is 10.8. The summed E-state index contributed by atoms with van der Waals surface area (Å²) in [6.07, 6.45) is 4.41. The first-order chi connectivity index (χ1) is 6.63. The van der Waals surface area contributed by atoms with Gasteiger partial charge in [0, 0.05) is 5.75 Å². The molecule has 1 aliphatic rings. The van der Waals surface area contributed by atoms with Crippen LogP contribution < -0.4 is 5.32 Å². The van der Waals surface area contributed by atoms with Gasteiger partial charge in [-0.05, 0) is 12.8 Å². The first-order valence-corrected chi connectivity index (χ1v) is 6.26. The van der Waals surface area contributed by atoms with Crippen LogP contribution >= 0.6 is 11.8 Å². The molecule has 0 amide bonds. The number of carboxylic acids is 1. The summed E-state index contributed by atoms with van der Waals surface area (Å²) in [5, 5.41) is 12.1. The van der Waals surface area contributed by atoms with Crippen molar-refractivity contribution in [2.24, 2.45) is 0 Å². The van der Waals surface area contributed by atoms with Crippen LogP contribution in [0.5, 0.6) is 0 Å². The first kappa shape index (κ1) is 11.9. The van der Waals surface area contributed by atoms with Gasteiger partial charge in [0.2, 0.25) is 0 Å². The van der Waals surface area contributed by atoms with Gasteiger partial charge in [0.15, 0.2) is 0 Å². The third kappa shape index (κ3) is 2.64. The van der Waals surface area contributed by atoms with Crippen molar-refractivity contribution in [3.63, 3.8) is 0 Å². The molecule has 1 saturated heterocycles. The van der Waals surface area contributed by atoms with Gasteiger partial charge in [-0.1, -0.05) is 26.7 Å². The minimum atomic E-state index is -0.718. The summed E-state index contributed by atoms with van der Waals surface area (Å²) in [7, 11) is 0. The summed E-state index contributed by atoms with van der Waals surface area (Å²) in [5.74, 6) is -0.0169. The summed E-state index contributed by atoms with van der Waals surface area (Å²) >= 11 is 1.77. The Morgan fingerprint density at radius 2 is 2.36 bits per heavy atom. The van der Waals surface area contributed by atoms with E-state index in [2.05, 4.69) is 19.2 Å². The van der Waals surface area contributed by atoms with Crippen LogP contribution in [0.4, 0.5) is 0 Å². The minimum Gasteiger partial charge on any atom is -0.480 e. The molecule has 14 heavy (non-hydrogen) atoms. The van der Waals surface area contributed by atoms with E-state index in [1.54, 1.807) is 11.8 Å². The summed E-state index contributed by atoms with van der Waals surface area (Å²) in [6.45, 7) is 4.29. The Balaban J connectivity index is 2.52. The van der Waals surface area contributed by atoms with Crippen LogP contribution in [-0.2, 0) is 4.79 Å². The fourth-order valence-electron chi connectivity index (χ4n) is 1.76. The fourth-order valence-corrected chi connectivity index (χ4v) is 3.19. The lowest BCUT2D eigenvalue weighted by molar-refractivity contribution is -0.138. The van der Waals surface area contributed by atoms with Crippen molar-refractivity contribution in [3.8, 4) is 0 Å². The predicted octanol–water partition coefficient (Wildman–Crippen LogP) is 2.07. The number of carboxylic acid groups (broad SMARTS) is 1. The van der Waals surface area contributed by atoms with Gasteiger partial charge in [-0.3, -0.25) is 10.1 Å². The molecule has 0 saturated carbocycles. The molecule has 1 rings (SSSR count). The highest BCUT2D eigenvalue weighted by atomic mass is 32.2. The molecule has 2 unspecified atom stereocenters. The molecule has 0 aliphatic carbocycles. The van der Waals surface area contributed by atoms with Crippen molar-refractivity contribution in [3.05, 3.63) is 0 Å². The summed E-state index contributed by atoms with van der Waals surface area (Å²) in [5.41, 5.74) is 0. The van der Waals surface area contributed by atoms with E-state index in [9.17, 15) is 4.79 Å². The molecule has 0 aromatic rings. The van der Waals surface area contributed by atoms with Crippen LogP contribution in [0.15, 0.2) is 0 Å². The van der Waals surface area contributed by atoms with E-state index < -0.39 is 5.97 Å². The van der Waals surface area contributed by atoms with Gasteiger partial charge < -0.3 is 5.11 Å². The second kappa shape index (κ2) is 5.03. The highest BCUT2D eigenvalue weighted by molar-refractivity contribution is 8.00. The Bertz CT molecular complexity index is 210. The van der Waals surface area contributed by atoms with E-state index in [-0.39, 0.29) is 10.9 Å². The fraction of sp³-hybridized carbons (Fsp3) is 0.900. The largest absolute Gasteiger partial charge is 0.480 e. The quantitative estimate of drug-likeness (QED) is 0.740. The van der Waals surface area contributed by atoms with Gasteiger partial charge in [-0.2, -0.15) is 0 Å². The lowest BCUT2D eigenvalue weighted by Crippen LogP contribution is -2.44. The number of thioether (sulfide) groups is 1. The first-order valence-electron chi connectivity index (χ1n) is 5.28. The Hall–Kier alpha value is -0.220. The maximum absolute atomic E-state index is 10.8. The standard InChI is InChI=1S/C10H19NO2S/c1-3-5-6-10(4-2)11-8(7-14-10)9(12)13/h8,11H,3-7H2,1-2H3,(H,12,13). The molecular formula is C10H19NO2S. The van der Waals surface area contributed by atoms with E-state index in [0.717, 1.165) is 12.8 Å². The predicted molar refractivity (Wildman–Crippen MR) is 59.6 cm³/mol. The van der Waals surface area contributed by atoms with Crippen molar-refractivity contribution >= 4 is 17.7 Å². The van der Waals surface area contributed by atoms with Gasteiger partial charge >= 0.3 is 5.97 Å². The lowest BCUT2D eigenvalue weighted by Gasteiger charge is -2.27. The van der Waals surface area contributed by atoms with Crippen molar-refractivity contribution < 1.29 is 9.90 Å². The van der Waals surface area contributed by atoms with Gasteiger partial charge in [-0.25, -0.2) is 0 Å². The Morgan fingerprint density at radius 1 is 1.64 bits per heavy atom. The van der Waals surface area contributed by atoms with E-state index in [1.165, 1.54) is 12.8 Å². The average Bonchev–Trinajstić information content (AvgIpc) is 2.60. The smallest absolute Gasteiger partial charge is 0.321 e. The van der Waals surface area contributed by atoms with Gasteiger partial charge in [0.05, 0.1) is 4.87 Å². The molecule has 0 bridgehead atoms. The highest BCUT2D eigenvalue weighted by Crippen LogP contribution is 2.37. The van der Waals surface area contributed by atoms with Crippen LogP contribution in [0, 0.1) is 0 Å². The molecule has 0 radical (unpaired) electrons. The molecule has 3 nitrogen and oxygen atoms in total.